The monoisotopic (exact) mass is 373 g/mol. The second-order valence-corrected chi connectivity index (χ2v) is 7.26. The molecular weight excluding hydrogens is 349 g/mol. The molecule has 144 valence electrons. The fourth-order valence-electron chi connectivity index (χ4n) is 3.70. The Hall–Kier alpha value is -2.41. The number of likely N-dealkylation sites (tertiary alicyclic amines) is 1. The summed E-state index contributed by atoms with van der Waals surface area (Å²) in [5.74, 6) is 1.22. The number of aryl methyl sites for hydroxylation is 2. The van der Waals surface area contributed by atoms with E-state index in [1.165, 1.54) is 6.07 Å². The molecule has 2 aliphatic rings. The van der Waals surface area contributed by atoms with E-state index < -0.39 is 0 Å². The summed E-state index contributed by atoms with van der Waals surface area (Å²) in [5.41, 5.74) is 2.26. The normalized spacial score (nSPS) is 22.1. The van der Waals surface area contributed by atoms with E-state index in [1.54, 1.807) is 0 Å². The molecule has 2 atom stereocenters. The van der Waals surface area contributed by atoms with Gasteiger partial charge in [0.05, 0.1) is 5.69 Å². The molecule has 27 heavy (non-hydrogen) atoms. The highest BCUT2D eigenvalue weighted by Crippen LogP contribution is 2.31. The van der Waals surface area contributed by atoms with Crippen LogP contribution in [-0.2, 0) is 6.54 Å². The second-order valence-electron chi connectivity index (χ2n) is 7.26. The number of ether oxygens (including phenoxy) is 3. The molecule has 1 saturated heterocycles. The molecule has 0 amide bonds. The molecule has 7 heteroatoms. The van der Waals surface area contributed by atoms with Gasteiger partial charge in [0.15, 0.2) is 5.75 Å². The molecule has 2 aliphatic heterocycles. The molecule has 0 saturated carbocycles. The van der Waals surface area contributed by atoms with Crippen LogP contribution in [0.5, 0.6) is 17.4 Å². The number of halogens is 1. The van der Waals surface area contributed by atoms with Gasteiger partial charge >= 0.3 is 0 Å². The van der Waals surface area contributed by atoms with Gasteiger partial charge in [-0.25, -0.2) is 9.37 Å². The van der Waals surface area contributed by atoms with E-state index in [1.807, 2.05) is 26.0 Å². The molecule has 4 heterocycles. The van der Waals surface area contributed by atoms with Gasteiger partial charge in [0.1, 0.15) is 30.9 Å². The quantitative estimate of drug-likeness (QED) is 0.821. The van der Waals surface area contributed by atoms with Crippen molar-refractivity contribution in [1.29, 1.82) is 0 Å². The van der Waals surface area contributed by atoms with Gasteiger partial charge in [-0.15, -0.1) is 0 Å². The van der Waals surface area contributed by atoms with Crippen LogP contribution in [-0.4, -0.2) is 46.8 Å². The molecule has 0 aliphatic carbocycles. The Kier molecular flexibility index (Phi) is 4.86. The maximum atomic E-state index is 14.4. The maximum absolute atomic E-state index is 14.4. The van der Waals surface area contributed by atoms with Gasteiger partial charge in [-0.3, -0.25) is 9.88 Å². The summed E-state index contributed by atoms with van der Waals surface area (Å²) < 4.78 is 31.5. The third kappa shape index (κ3) is 3.98. The smallest absolute Gasteiger partial charge is 0.257 e. The summed E-state index contributed by atoms with van der Waals surface area (Å²) in [5, 5.41) is 0. The highest BCUT2D eigenvalue weighted by Gasteiger charge is 2.32. The predicted octanol–water partition coefficient (Wildman–Crippen LogP) is 3.05. The number of hydrogen-bond donors (Lipinski definition) is 0. The summed E-state index contributed by atoms with van der Waals surface area (Å²) in [7, 11) is 0. The van der Waals surface area contributed by atoms with E-state index in [0.29, 0.717) is 37.1 Å². The highest BCUT2D eigenvalue weighted by molar-refractivity contribution is 5.36. The molecule has 4 rings (SSSR count). The third-order valence-corrected chi connectivity index (χ3v) is 4.94. The van der Waals surface area contributed by atoms with Crippen LogP contribution in [0.2, 0.25) is 0 Å². The van der Waals surface area contributed by atoms with Crippen LogP contribution in [0.4, 0.5) is 4.39 Å². The summed E-state index contributed by atoms with van der Waals surface area (Å²) >= 11 is 0. The number of hydrogen-bond acceptors (Lipinski definition) is 6. The van der Waals surface area contributed by atoms with E-state index in [0.717, 1.165) is 30.1 Å². The number of aromatic nitrogens is 2. The molecule has 0 spiro atoms. The van der Waals surface area contributed by atoms with Crippen molar-refractivity contribution in [2.45, 2.75) is 45.9 Å². The first-order chi connectivity index (χ1) is 13.0. The third-order valence-electron chi connectivity index (χ3n) is 4.94. The van der Waals surface area contributed by atoms with E-state index in [-0.39, 0.29) is 18.0 Å². The van der Waals surface area contributed by atoms with Crippen molar-refractivity contribution in [2.75, 3.05) is 19.8 Å². The fourth-order valence-corrected chi connectivity index (χ4v) is 3.70. The largest absolute Gasteiger partial charge is 0.489 e. The number of pyridine rings is 2. The van der Waals surface area contributed by atoms with Crippen molar-refractivity contribution in [1.82, 2.24) is 14.9 Å². The van der Waals surface area contributed by atoms with E-state index in [2.05, 4.69) is 21.8 Å². The van der Waals surface area contributed by atoms with Crippen LogP contribution >= 0.6 is 0 Å². The fraction of sp³-hybridized carbons (Fsp3) is 0.500. The summed E-state index contributed by atoms with van der Waals surface area (Å²) in [6.45, 7) is 8.03. The van der Waals surface area contributed by atoms with Crippen molar-refractivity contribution < 1.29 is 18.6 Å². The molecule has 0 unspecified atom stereocenters. The van der Waals surface area contributed by atoms with E-state index in [9.17, 15) is 4.39 Å². The molecule has 0 radical (unpaired) electrons. The van der Waals surface area contributed by atoms with E-state index >= 15 is 0 Å². The Balaban J connectivity index is 1.44. The maximum Gasteiger partial charge on any atom is 0.257 e. The molecular formula is C20H24FN3O3. The minimum absolute atomic E-state index is 0.0569. The van der Waals surface area contributed by atoms with Crippen molar-refractivity contribution in [3.63, 3.8) is 0 Å². The number of rotatable bonds is 4. The first-order valence-electron chi connectivity index (χ1n) is 9.29. The predicted molar refractivity (Wildman–Crippen MR) is 97.8 cm³/mol. The average molecular weight is 373 g/mol. The van der Waals surface area contributed by atoms with E-state index in [4.69, 9.17) is 14.2 Å². The van der Waals surface area contributed by atoms with Gasteiger partial charge in [-0.05, 0) is 20.8 Å². The van der Waals surface area contributed by atoms with Crippen molar-refractivity contribution in [2.24, 2.45) is 0 Å². The first kappa shape index (κ1) is 18.0. The molecule has 0 bridgehead atoms. The topological polar surface area (TPSA) is 56.7 Å². The lowest BCUT2D eigenvalue weighted by Crippen LogP contribution is -2.29. The minimum atomic E-state index is -0.365. The molecule has 0 N–H and O–H groups in total. The summed E-state index contributed by atoms with van der Waals surface area (Å²) in [6, 6.07) is 5.53. The highest BCUT2D eigenvalue weighted by atomic mass is 19.1. The van der Waals surface area contributed by atoms with Crippen LogP contribution < -0.4 is 14.2 Å². The zero-order valence-corrected chi connectivity index (χ0v) is 15.9. The van der Waals surface area contributed by atoms with Crippen molar-refractivity contribution >= 4 is 0 Å². The van der Waals surface area contributed by atoms with Gasteiger partial charge in [-0.2, -0.15) is 0 Å². The van der Waals surface area contributed by atoms with Crippen LogP contribution in [0.15, 0.2) is 18.2 Å². The van der Waals surface area contributed by atoms with Gasteiger partial charge in [0.25, 0.3) is 5.88 Å². The lowest BCUT2D eigenvalue weighted by molar-refractivity contribution is 0.160. The van der Waals surface area contributed by atoms with Gasteiger partial charge in [-0.1, -0.05) is 0 Å². The van der Waals surface area contributed by atoms with Crippen molar-refractivity contribution in [3.8, 4) is 17.4 Å². The molecule has 2 aromatic rings. The molecule has 6 nitrogen and oxygen atoms in total. The van der Waals surface area contributed by atoms with Gasteiger partial charge in [0.2, 0.25) is 0 Å². The zero-order valence-electron chi connectivity index (χ0n) is 15.9. The lowest BCUT2D eigenvalue weighted by Gasteiger charge is -2.22. The van der Waals surface area contributed by atoms with Crippen LogP contribution in [0, 0.1) is 19.7 Å². The standard InChI is InChI=1S/C20H24FN3O3/c1-12-6-15(7-13(2)22-12)27-16-8-14(3)24(10-16)11-18-17(21)9-19-20(23-18)26-5-4-25-19/h6-7,9,14,16H,4-5,8,10-11H2,1-3H3/t14-,16+/m0/s1. The minimum Gasteiger partial charge on any atom is -0.489 e. The number of nitrogens with zero attached hydrogens (tertiary/aromatic N) is 3. The Morgan fingerprint density at radius 2 is 1.89 bits per heavy atom. The summed E-state index contributed by atoms with van der Waals surface area (Å²) in [6.07, 6.45) is 0.938. The SMILES string of the molecule is Cc1cc(O[C@@H]2C[C@H](C)N(Cc3nc4c(cc3F)OCCO4)C2)cc(C)n1. The van der Waals surface area contributed by atoms with Gasteiger partial charge in [0, 0.05) is 55.1 Å². The van der Waals surface area contributed by atoms with Crippen LogP contribution in [0.3, 0.4) is 0 Å². The lowest BCUT2D eigenvalue weighted by atomic mass is 10.2. The Morgan fingerprint density at radius 3 is 2.67 bits per heavy atom. The van der Waals surface area contributed by atoms with Crippen LogP contribution in [0.25, 0.3) is 0 Å². The zero-order chi connectivity index (χ0) is 19.0. The van der Waals surface area contributed by atoms with Crippen molar-refractivity contribution in [3.05, 3.63) is 41.1 Å². The van der Waals surface area contributed by atoms with Crippen LogP contribution in [0.1, 0.15) is 30.4 Å². The Bertz CT molecular complexity index is 825. The van der Waals surface area contributed by atoms with Gasteiger partial charge < -0.3 is 14.2 Å². The first-order valence-corrected chi connectivity index (χ1v) is 9.29. The summed E-state index contributed by atoms with van der Waals surface area (Å²) in [4.78, 5) is 10.9. The molecule has 2 aromatic heterocycles. The Morgan fingerprint density at radius 1 is 1.15 bits per heavy atom. The Labute approximate surface area is 158 Å². The molecule has 1 fully saturated rings. The average Bonchev–Trinajstić information content (AvgIpc) is 2.93. The second kappa shape index (κ2) is 7.31. The molecule has 0 aromatic carbocycles. The number of fused-ring (bicyclic) bond motifs is 1.